The zero-order chi connectivity index (χ0) is 24.3. The average molecular weight is 471 g/mol. The summed E-state index contributed by atoms with van der Waals surface area (Å²) >= 11 is 0. The minimum Gasteiger partial charge on any atom is -0.491 e. The third-order valence-electron chi connectivity index (χ3n) is 6.01. The van der Waals surface area contributed by atoms with E-state index in [-0.39, 0.29) is 5.60 Å². The molecule has 0 saturated heterocycles. The Morgan fingerprint density at radius 3 is 2.63 bits per heavy atom. The number of methoxy groups -OCH3 is 1. The number of benzene rings is 3. The van der Waals surface area contributed by atoms with E-state index in [1.165, 1.54) is 0 Å². The van der Waals surface area contributed by atoms with Crippen LogP contribution in [0.15, 0.2) is 66.7 Å². The first-order valence-corrected chi connectivity index (χ1v) is 11.8. The Bertz CT molecular complexity index is 1260. The van der Waals surface area contributed by atoms with Crippen molar-refractivity contribution in [1.82, 2.24) is 0 Å². The SMILES string of the molecule is COCCOc1ccc(C2=Cc3ccc4c(c3OC2)C=CC(C)(C)O4)c(OCc2ccccc2)c1. The quantitative estimate of drug-likeness (QED) is 0.356. The lowest BCUT2D eigenvalue weighted by atomic mass is 9.95. The topological polar surface area (TPSA) is 46.2 Å². The summed E-state index contributed by atoms with van der Waals surface area (Å²) in [5.41, 5.74) is 4.81. The molecule has 0 unspecified atom stereocenters. The van der Waals surface area contributed by atoms with Gasteiger partial charge in [-0.2, -0.15) is 0 Å². The largest absolute Gasteiger partial charge is 0.491 e. The summed E-state index contributed by atoms with van der Waals surface area (Å²) in [6.07, 6.45) is 6.33. The number of hydrogen-bond donors (Lipinski definition) is 0. The third-order valence-corrected chi connectivity index (χ3v) is 6.01. The van der Waals surface area contributed by atoms with Crippen molar-refractivity contribution in [3.63, 3.8) is 0 Å². The zero-order valence-corrected chi connectivity index (χ0v) is 20.4. The van der Waals surface area contributed by atoms with E-state index in [4.69, 9.17) is 23.7 Å². The van der Waals surface area contributed by atoms with E-state index in [0.717, 1.165) is 50.8 Å². The van der Waals surface area contributed by atoms with Crippen molar-refractivity contribution in [2.75, 3.05) is 26.9 Å². The Balaban J connectivity index is 1.46. The standard InChI is InChI=1S/C30H30O5/c1-30(2)14-13-26-27(35-30)12-9-22-17-23(20-34-29(22)26)25-11-10-24(32-16-15-31-3)18-28(25)33-19-21-7-5-4-6-8-21/h4-14,17-18H,15-16,19-20H2,1-3H3. The van der Waals surface area contributed by atoms with Crippen LogP contribution in [0, 0.1) is 0 Å². The molecule has 5 nitrogen and oxygen atoms in total. The van der Waals surface area contributed by atoms with Gasteiger partial charge in [0.2, 0.25) is 0 Å². The molecular formula is C30H30O5. The number of rotatable bonds is 8. The summed E-state index contributed by atoms with van der Waals surface area (Å²) in [6, 6.07) is 20.1. The minimum absolute atomic E-state index is 0.324. The van der Waals surface area contributed by atoms with E-state index in [2.05, 4.69) is 36.4 Å². The van der Waals surface area contributed by atoms with Crippen molar-refractivity contribution in [3.05, 3.63) is 89.0 Å². The van der Waals surface area contributed by atoms with Gasteiger partial charge in [0.25, 0.3) is 0 Å². The lowest BCUT2D eigenvalue weighted by molar-refractivity contribution is 0.146. The van der Waals surface area contributed by atoms with Crippen LogP contribution in [-0.4, -0.2) is 32.5 Å². The van der Waals surface area contributed by atoms with E-state index < -0.39 is 0 Å². The molecule has 0 N–H and O–H groups in total. The molecule has 0 aliphatic carbocycles. The number of ether oxygens (including phenoxy) is 5. The van der Waals surface area contributed by atoms with Crippen molar-refractivity contribution in [2.24, 2.45) is 0 Å². The van der Waals surface area contributed by atoms with Gasteiger partial charge in [0.05, 0.1) is 12.2 Å². The Labute approximate surface area is 206 Å². The average Bonchev–Trinajstić information content (AvgIpc) is 2.87. The second-order valence-electron chi connectivity index (χ2n) is 9.17. The molecule has 0 atom stereocenters. The van der Waals surface area contributed by atoms with Gasteiger partial charge in [-0.1, -0.05) is 30.3 Å². The molecule has 0 fully saturated rings. The summed E-state index contributed by atoms with van der Waals surface area (Å²) < 4.78 is 29.6. The van der Waals surface area contributed by atoms with Crippen molar-refractivity contribution in [2.45, 2.75) is 26.1 Å². The Kier molecular flexibility index (Phi) is 6.51. The molecule has 0 spiro atoms. The fourth-order valence-corrected chi connectivity index (χ4v) is 4.21. The van der Waals surface area contributed by atoms with Gasteiger partial charge in [0.1, 0.15) is 48.4 Å². The molecule has 35 heavy (non-hydrogen) atoms. The van der Waals surface area contributed by atoms with Crippen molar-refractivity contribution >= 4 is 17.7 Å². The predicted octanol–water partition coefficient (Wildman–Crippen LogP) is 6.41. The zero-order valence-electron chi connectivity index (χ0n) is 20.4. The first-order chi connectivity index (χ1) is 17.0. The van der Waals surface area contributed by atoms with E-state index in [9.17, 15) is 0 Å². The molecular weight excluding hydrogens is 440 g/mol. The van der Waals surface area contributed by atoms with Crippen LogP contribution in [0.2, 0.25) is 0 Å². The lowest BCUT2D eigenvalue weighted by Crippen LogP contribution is -2.27. The van der Waals surface area contributed by atoms with Gasteiger partial charge in [-0.05, 0) is 61.9 Å². The van der Waals surface area contributed by atoms with Crippen LogP contribution in [0.4, 0.5) is 0 Å². The van der Waals surface area contributed by atoms with Gasteiger partial charge in [-0.3, -0.25) is 0 Å². The molecule has 3 aromatic carbocycles. The highest BCUT2D eigenvalue weighted by molar-refractivity contribution is 5.90. The summed E-state index contributed by atoms with van der Waals surface area (Å²) in [5.74, 6) is 3.19. The van der Waals surface area contributed by atoms with E-state index in [1.807, 2.05) is 56.3 Å². The summed E-state index contributed by atoms with van der Waals surface area (Å²) in [4.78, 5) is 0. The van der Waals surface area contributed by atoms with Crippen molar-refractivity contribution in [1.29, 1.82) is 0 Å². The Hall–Kier alpha value is -3.70. The first-order valence-electron chi connectivity index (χ1n) is 11.8. The van der Waals surface area contributed by atoms with Gasteiger partial charge < -0.3 is 23.7 Å². The summed E-state index contributed by atoms with van der Waals surface area (Å²) in [5, 5.41) is 0. The molecule has 0 saturated carbocycles. The van der Waals surface area contributed by atoms with Gasteiger partial charge in [-0.25, -0.2) is 0 Å². The second-order valence-corrected chi connectivity index (χ2v) is 9.17. The van der Waals surface area contributed by atoms with E-state index in [0.29, 0.717) is 26.4 Å². The Morgan fingerprint density at radius 2 is 1.80 bits per heavy atom. The monoisotopic (exact) mass is 470 g/mol. The number of fused-ring (bicyclic) bond motifs is 3. The summed E-state index contributed by atoms with van der Waals surface area (Å²) in [7, 11) is 1.66. The molecule has 2 heterocycles. The van der Waals surface area contributed by atoms with Crippen LogP contribution in [-0.2, 0) is 11.3 Å². The predicted molar refractivity (Wildman–Crippen MR) is 138 cm³/mol. The molecule has 5 rings (SSSR count). The third kappa shape index (κ3) is 5.20. The molecule has 0 bridgehead atoms. The molecule has 2 aliphatic heterocycles. The molecule has 2 aliphatic rings. The summed E-state index contributed by atoms with van der Waals surface area (Å²) in [6.45, 7) is 5.99. The van der Waals surface area contributed by atoms with Crippen LogP contribution >= 0.6 is 0 Å². The second kappa shape index (κ2) is 9.88. The minimum atomic E-state index is -0.324. The maximum absolute atomic E-state index is 6.29. The van der Waals surface area contributed by atoms with Gasteiger partial charge >= 0.3 is 0 Å². The maximum atomic E-state index is 6.29. The van der Waals surface area contributed by atoms with Crippen LogP contribution < -0.4 is 18.9 Å². The smallest absolute Gasteiger partial charge is 0.137 e. The van der Waals surface area contributed by atoms with Crippen LogP contribution in [0.25, 0.3) is 17.7 Å². The molecule has 0 radical (unpaired) electrons. The van der Waals surface area contributed by atoms with Crippen molar-refractivity contribution in [3.8, 4) is 23.0 Å². The molecule has 0 amide bonds. The van der Waals surface area contributed by atoms with Crippen LogP contribution in [0.3, 0.4) is 0 Å². The molecule has 0 aromatic heterocycles. The van der Waals surface area contributed by atoms with E-state index in [1.54, 1.807) is 7.11 Å². The van der Waals surface area contributed by atoms with E-state index >= 15 is 0 Å². The highest BCUT2D eigenvalue weighted by Crippen LogP contribution is 2.43. The lowest BCUT2D eigenvalue weighted by Gasteiger charge is -2.30. The highest BCUT2D eigenvalue weighted by Gasteiger charge is 2.27. The van der Waals surface area contributed by atoms with Gasteiger partial charge in [0, 0.05) is 29.9 Å². The number of hydrogen-bond acceptors (Lipinski definition) is 5. The first kappa shape index (κ1) is 23.1. The normalized spacial score (nSPS) is 15.2. The molecule has 180 valence electrons. The van der Waals surface area contributed by atoms with Crippen LogP contribution in [0.1, 0.15) is 36.1 Å². The maximum Gasteiger partial charge on any atom is 0.137 e. The molecule has 5 heteroatoms. The fraction of sp³-hybridized carbons (Fsp3) is 0.267. The Morgan fingerprint density at radius 1 is 0.943 bits per heavy atom. The van der Waals surface area contributed by atoms with Gasteiger partial charge in [-0.15, -0.1) is 0 Å². The van der Waals surface area contributed by atoms with Crippen molar-refractivity contribution < 1.29 is 23.7 Å². The highest BCUT2D eigenvalue weighted by atomic mass is 16.5. The molecule has 3 aromatic rings. The van der Waals surface area contributed by atoms with Gasteiger partial charge in [0.15, 0.2) is 0 Å². The van der Waals surface area contributed by atoms with Crippen LogP contribution in [0.5, 0.6) is 23.0 Å². The fourth-order valence-electron chi connectivity index (χ4n) is 4.21.